The number of hydrogen-bond acceptors (Lipinski definition) is 11. The number of hydrogen-bond donors (Lipinski definition) is 1. The van der Waals surface area contributed by atoms with Crippen LogP contribution in [0.25, 0.3) is 20.4 Å². The summed E-state index contributed by atoms with van der Waals surface area (Å²) in [7, 11) is -1.41. The molecule has 10 nitrogen and oxygen atoms in total. The number of sulfone groups is 1. The Balaban J connectivity index is 1.29. The van der Waals surface area contributed by atoms with E-state index in [9.17, 15) is 13.2 Å². The Morgan fingerprint density at radius 2 is 2.06 bits per heavy atom. The van der Waals surface area contributed by atoms with Gasteiger partial charge in [0, 0.05) is 30.0 Å². The number of benzene rings is 1. The number of aryl methyl sites for hydroxylation is 1. The number of carbonyl (C=O) groups excluding carboxylic acids is 1. The summed E-state index contributed by atoms with van der Waals surface area (Å²) in [4.78, 5) is 25.9. The molecule has 13 heteroatoms. The minimum Gasteiger partial charge on any atom is -0.494 e. The maximum Gasteiger partial charge on any atom is 0.226 e. The highest BCUT2D eigenvalue weighted by molar-refractivity contribution is 7.91. The van der Waals surface area contributed by atoms with Crippen LogP contribution < -0.4 is 10.1 Å². The second-order valence-corrected chi connectivity index (χ2v) is 12.9. The van der Waals surface area contributed by atoms with Crippen molar-refractivity contribution in [2.45, 2.75) is 19.3 Å². The molecule has 1 aromatic carbocycles. The molecule has 1 aliphatic heterocycles. The third-order valence-corrected chi connectivity index (χ3v) is 10.1. The van der Waals surface area contributed by atoms with Crippen LogP contribution >= 0.6 is 22.9 Å². The van der Waals surface area contributed by atoms with E-state index in [1.807, 2.05) is 12.1 Å². The first kappa shape index (κ1) is 22.6. The molecule has 4 aromatic rings. The van der Waals surface area contributed by atoms with E-state index in [4.69, 9.17) is 4.74 Å². The Kier molecular flexibility index (Phi) is 5.57. The number of nitrogens with zero attached hydrogens (tertiary/aromatic N) is 5. The summed E-state index contributed by atoms with van der Waals surface area (Å²) < 4.78 is 34.0. The molecule has 4 heterocycles. The highest BCUT2D eigenvalue weighted by atomic mass is 32.2. The van der Waals surface area contributed by atoms with Crippen molar-refractivity contribution >= 4 is 70.6 Å². The van der Waals surface area contributed by atoms with Crippen molar-refractivity contribution in [1.82, 2.24) is 24.5 Å². The average molecular weight is 531 g/mol. The molecule has 0 unspecified atom stereocenters. The second-order valence-electron chi connectivity index (χ2n) is 8.74. The molecule has 1 N–H and O–H groups in total. The summed E-state index contributed by atoms with van der Waals surface area (Å²) in [5, 5.41) is 8.52. The van der Waals surface area contributed by atoms with E-state index in [2.05, 4.69) is 24.9 Å². The van der Waals surface area contributed by atoms with Crippen LogP contribution in [0.15, 0.2) is 18.5 Å². The van der Waals surface area contributed by atoms with Gasteiger partial charge in [0.25, 0.3) is 0 Å². The van der Waals surface area contributed by atoms with Crippen molar-refractivity contribution in [1.29, 1.82) is 0 Å². The van der Waals surface area contributed by atoms with Crippen LogP contribution in [-0.4, -0.2) is 70.5 Å². The minimum absolute atomic E-state index is 0.0526. The highest BCUT2D eigenvalue weighted by Gasteiger charge is 2.34. The standard InChI is InChI=1S/C22H22N6O4S3/c1-32-16-9-15-18(34-27-26-15)10-14(16)25-20-19-13-3-2-12(8-17(13)33-21(19)24-11-23-20)22(29)28-4-6-35(30,31)7-5-28/h9-12H,2-8H2,1H3,(H,23,24,25)/t12-/m0/s1. The van der Waals surface area contributed by atoms with E-state index in [1.165, 1.54) is 17.1 Å². The number of methoxy groups -OCH3 is 1. The quantitative estimate of drug-likeness (QED) is 0.424. The topological polar surface area (TPSA) is 127 Å². The van der Waals surface area contributed by atoms with Gasteiger partial charge in [-0.25, -0.2) is 18.4 Å². The number of fused-ring (bicyclic) bond motifs is 4. The van der Waals surface area contributed by atoms with Gasteiger partial charge in [-0.15, -0.1) is 16.4 Å². The molecule has 1 atom stereocenters. The lowest BCUT2D eigenvalue weighted by molar-refractivity contribution is -0.135. The summed E-state index contributed by atoms with van der Waals surface area (Å²) in [5.41, 5.74) is 2.73. The monoisotopic (exact) mass is 530 g/mol. The predicted octanol–water partition coefficient (Wildman–Crippen LogP) is 2.81. The third-order valence-electron chi connectivity index (χ3n) is 6.67. The van der Waals surface area contributed by atoms with Crippen molar-refractivity contribution in [3.8, 4) is 5.75 Å². The van der Waals surface area contributed by atoms with Crippen LogP contribution in [0.4, 0.5) is 11.5 Å². The Hall–Kier alpha value is -2.90. The van der Waals surface area contributed by atoms with Gasteiger partial charge in [0.2, 0.25) is 5.91 Å². The molecule has 0 radical (unpaired) electrons. The fourth-order valence-corrected chi connectivity index (χ4v) is 7.86. The van der Waals surface area contributed by atoms with Gasteiger partial charge in [-0.1, -0.05) is 4.49 Å². The SMILES string of the molecule is COc1cc2nnsc2cc1Nc1ncnc2sc3c(c12)CC[C@H](C(=O)N1CCS(=O)(=O)CC1)C3. The molecule has 0 bridgehead atoms. The lowest BCUT2D eigenvalue weighted by Crippen LogP contribution is -2.47. The number of thiophene rings is 1. The van der Waals surface area contributed by atoms with Crippen LogP contribution in [0.5, 0.6) is 5.75 Å². The number of carbonyl (C=O) groups is 1. The summed E-state index contributed by atoms with van der Waals surface area (Å²) in [6, 6.07) is 3.81. The second kappa shape index (κ2) is 8.64. The first-order chi connectivity index (χ1) is 16.9. The molecular weight excluding hydrogens is 508 g/mol. The van der Waals surface area contributed by atoms with Crippen LogP contribution in [-0.2, 0) is 27.5 Å². The lowest BCUT2D eigenvalue weighted by atomic mass is 9.87. The zero-order valence-corrected chi connectivity index (χ0v) is 21.3. The molecular formula is C22H22N6O4S3. The first-order valence-corrected chi connectivity index (χ1v) is 14.6. The summed E-state index contributed by atoms with van der Waals surface area (Å²) >= 11 is 2.92. The molecule has 3 aromatic heterocycles. The van der Waals surface area contributed by atoms with Gasteiger partial charge in [0.15, 0.2) is 9.84 Å². The van der Waals surface area contributed by atoms with Crippen molar-refractivity contribution in [2.24, 2.45) is 5.92 Å². The summed E-state index contributed by atoms with van der Waals surface area (Å²) in [6.07, 6.45) is 3.65. The number of aromatic nitrogens is 4. The van der Waals surface area contributed by atoms with Crippen molar-refractivity contribution in [3.05, 3.63) is 28.9 Å². The van der Waals surface area contributed by atoms with Crippen molar-refractivity contribution < 1.29 is 17.9 Å². The van der Waals surface area contributed by atoms with E-state index < -0.39 is 9.84 Å². The lowest BCUT2D eigenvalue weighted by Gasteiger charge is -2.31. The van der Waals surface area contributed by atoms with Gasteiger partial charge < -0.3 is 15.0 Å². The summed E-state index contributed by atoms with van der Waals surface area (Å²) in [5.74, 6) is 1.38. The highest BCUT2D eigenvalue weighted by Crippen LogP contribution is 2.42. The third kappa shape index (κ3) is 4.10. The largest absolute Gasteiger partial charge is 0.494 e. The molecule has 1 amide bonds. The normalized spacial score (nSPS) is 19.6. The van der Waals surface area contributed by atoms with Crippen LogP contribution in [0.1, 0.15) is 16.9 Å². The van der Waals surface area contributed by atoms with Gasteiger partial charge in [-0.2, -0.15) is 0 Å². The first-order valence-electron chi connectivity index (χ1n) is 11.2. The van der Waals surface area contributed by atoms with Crippen LogP contribution in [0.2, 0.25) is 0 Å². The number of anilines is 2. The van der Waals surface area contributed by atoms with Crippen LogP contribution in [0.3, 0.4) is 0 Å². The molecule has 2 aliphatic rings. The van der Waals surface area contributed by atoms with E-state index in [0.717, 1.165) is 43.8 Å². The van der Waals surface area contributed by atoms with Crippen LogP contribution in [0, 0.1) is 5.92 Å². The van der Waals surface area contributed by atoms with E-state index in [0.29, 0.717) is 18.0 Å². The Bertz CT molecular complexity index is 1550. The number of nitrogens with one attached hydrogen (secondary N) is 1. The van der Waals surface area contributed by atoms with Gasteiger partial charge in [0.1, 0.15) is 28.2 Å². The molecule has 1 saturated heterocycles. The predicted molar refractivity (Wildman–Crippen MR) is 135 cm³/mol. The van der Waals surface area contributed by atoms with Gasteiger partial charge in [0.05, 0.1) is 34.4 Å². The molecule has 35 heavy (non-hydrogen) atoms. The van der Waals surface area contributed by atoms with Gasteiger partial charge >= 0.3 is 0 Å². The number of ether oxygens (including phenoxy) is 1. The van der Waals surface area contributed by atoms with E-state index in [1.54, 1.807) is 29.7 Å². The summed E-state index contributed by atoms with van der Waals surface area (Å²) in [6.45, 7) is 0.579. The average Bonchev–Trinajstić information content (AvgIpc) is 3.46. The minimum atomic E-state index is -3.02. The fourth-order valence-electron chi connectivity index (χ4n) is 4.81. The molecule has 0 spiro atoms. The maximum absolute atomic E-state index is 13.1. The Morgan fingerprint density at radius 3 is 2.86 bits per heavy atom. The molecule has 0 saturated carbocycles. The van der Waals surface area contributed by atoms with Crippen molar-refractivity contribution in [3.63, 3.8) is 0 Å². The van der Waals surface area contributed by atoms with E-state index in [-0.39, 0.29) is 36.4 Å². The molecule has 1 aliphatic carbocycles. The fraction of sp³-hybridized carbons (Fsp3) is 0.409. The number of rotatable bonds is 4. The zero-order valence-electron chi connectivity index (χ0n) is 18.9. The van der Waals surface area contributed by atoms with Gasteiger partial charge in [-0.05, 0) is 42.4 Å². The molecule has 1 fully saturated rings. The molecule has 182 valence electrons. The van der Waals surface area contributed by atoms with E-state index >= 15 is 0 Å². The number of amides is 1. The smallest absolute Gasteiger partial charge is 0.226 e. The molecule has 6 rings (SSSR count). The van der Waals surface area contributed by atoms with Gasteiger partial charge in [-0.3, -0.25) is 4.79 Å². The Labute approximate surface area is 209 Å². The maximum atomic E-state index is 13.1. The zero-order chi connectivity index (χ0) is 24.2. The van der Waals surface area contributed by atoms with Crippen molar-refractivity contribution in [2.75, 3.05) is 37.0 Å². The Morgan fingerprint density at radius 1 is 1.23 bits per heavy atom.